The molecule has 1 aromatic carbocycles. The van der Waals surface area contributed by atoms with Gasteiger partial charge < -0.3 is 20.7 Å². The molecule has 0 saturated heterocycles. The molecule has 5 nitrogen and oxygen atoms in total. The fraction of sp³-hybridized carbons (Fsp3) is 0.333. The number of thiocarbonyl (C=S) groups is 1. The van der Waals surface area contributed by atoms with Gasteiger partial charge in [-0.2, -0.15) is 0 Å². The molecule has 122 valence electrons. The van der Waals surface area contributed by atoms with Gasteiger partial charge in [-0.3, -0.25) is 4.79 Å². The summed E-state index contributed by atoms with van der Waals surface area (Å²) in [6.45, 7) is -1.24. The van der Waals surface area contributed by atoms with E-state index in [2.05, 4.69) is 16.0 Å². The summed E-state index contributed by atoms with van der Waals surface area (Å²) in [5, 5.41) is 7.68. The van der Waals surface area contributed by atoms with Crippen LogP contribution in [-0.2, 0) is 4.79 Å². The molecule has 0 unspecified atom stereocenters. The number of benzene rings is 1. The van der Waals surface area contributed by atoms with Gasteiger partial charge in [0.2, 0.25) is 3.79 Å². The molecule has 0 saturated carbocycles. The smallest absolute Gasteiger partial charge is 0.253 e. The number of nitrogens with one attached hydrogen (secondary N) is 3. The van der Waals surface area contributed by atoms with E-state index in [9.17, 15) is 9.18 Å². The first-order valence-electron chi connectivity index (χ1n) is 5.90. The summed E-state index contributed by atoms with van der Waals surface area (Å²) >= 11 is 22.2. The van der Waals surface area contributed by atoms with Crippen molar-refractivity contribution < 1.29 is 13.9 Å². The number of rotatable bonds is 5. The zero-order chi connectivity index (χ0) is 16.8. The van der Waals surface area contributed by atoms with E-state index in [4.69, 9.17) is 51.8 Å². The zero-order valence-electron chi connectivity index (χ0n) is 11.3. The molecule has 1 atom stereocenters. The number of hydrogen-bond acceptors (Lipinski definition) is 3. The first-order valence-corrected chi connectivity index (χ1v) is 7.44. The minimum Gasteiger partial charge on any atom is -0.497 e. The maximum absolute atomic E-state index is 12.3. The first kappa shape index (κ1) is 19.0. The van der Waals surface area contributed by atoms with Gasteiger partial charge in [0.25, 0.3) is 5.91 Å². The molecule has 0 fully saturated rings. The van der Waals surface area contributed by atoms with Crippen LogP contribution in [0.3, 0.4) is 0 Å². The van der Waals surface area contributed by atoms with E-state index in [-0.39, 0.29) is 5.11 Å². The van der Waals surface area contributed by atoms with Gasteiger partial charge in [0.05, 0.1) is 7.11 Å². The second-order valence-electron chi connectivity index (χ2n) is 4.00. The molecule has 3 N–H and O–H groups in total. The van der Waals surface area contributed by atoms with Crippen LogP contribution in [0.4, 0.5) is 10.1 Å². The summed E-state index contributed by atoms with van der Waals surface area (Å²) in [7, 11) is 1.55. The van der Waals surface area contributed by atoms with Crippen molar-refractivity contribution in [3.63, 3.8) is 0 Å². The van der Waals surface area contributed by atoms with E-state index >= 15 is 0 Å². The number of ether oxygens (including phenoxy) is 1. The largest absolute Gasteiger partial charge is 0.497 e. The second kappa shape index (κ2) is 8.57. The Hall–Kier alpha value is -1.02. The fourth-order valence-corrected chi connectivity index (χ4v) is 1.93. The van der Waals surface area contributed by atoms with Crippen molar-refractivity contribution in [3.05, 3.63) is 24.3 Å². The number of amides is 1. The van der Waals surface area contributed by atoms with Crippen LogP contribution in [0.1, 0.15) is 0 Å². The Morgan fingerprint density at radius 3 is 2.36 bits per heavy atom. The summed E-state index contributed by atoms with van der Waals surface area (Å²) in [5.74, 6) is -0.255. The van der Waals surface area contributed by atoms with E-state index in [0.29, 0.717) is 11.4 Å². The number of halogens is 4. The summed E-state index contributed by atoms with van der Waals surface area (Å²) in [6.07, 6.45) is -1.20. The lowest BCUT2D eigenvalue weighted by atomic mass is 10.3. The van der Waals surface area contributed by atoms with Crippen molar-refractivity contribution in [1.82, 2.24) is 10.6 Å². The lowest BCUT2D eigenvalue weighted by molar-refractivity contribution is -0.122. The molecule has 0 aliphatic rings. The van der Waals surface area contributed by atoms with E-state index in [0.717, 1.165) is 0 Å². The highest BCUT2D eigenvalue weighted by atomic mass is 35.6. The Morgan fingerprint density at radius 2 is 1.91 bits per heavy atom. The van der Waals surface area contributed by atoms with Crippen LogP contribution < -0.4 is 20.7 Å². The van der Waals surface area contributed by atoms with E-state index in [1.54, 1.807) is 31.4 Å². The number of methoxy groups -OCH3 is 1. The molecule has 1 aromatic rings. The standard InChI is InChI=1S/C12H13Cl3FN3O2S/c1-21-8-4-2-7(3-5-8)17-11(22)19-10(12(13,14)15)18-9(20)6-16/h2-5,10H,6H2,1H3,(H,18,20)(H2,17,19,22)/t10-/m0/s1. The number of carbonyl (C=O) groups is 1. The van der Waals surface area contributed by atoms with E-state index in [1.165, 1.54) is 0 Å². The van der Waals surface area contributed by atoms with Gasteiger partial charge in [0.1, 0.15) is 11.9 Å². The van der Waals surface area contributed by atoms with Crippen LogP contribution in [0.5, 0.6) is 5.75 Å². The molecule has 0 aromatic heterocycles. The van der Waals surface area contributed by atoms with Crippen LogP contribution in [0.15, 0.2) is 24.3 Å². The Morgan fingerprint density at radius 1 is 1.32 bits per heavy atom. The Balaban J connectivity index is 2.67. The number of anilines is 1. The topological polar surface area (TPSA) is 62.4 Å². The van der Waals surface area contributed by atoms with Gasteiger partial charge in [-0.05, 0) is 36.5 Å². The fourth-order valence-electron chi connectivity index (χ4n) is 1.37. The van der Waals surface area contributed by atoms with E-state index < -0.39 is 22.5 Å². The quantitative estimate of drug-likeness (QED) is 0.411. The minimum absolute atomic E-state index is 0.0839. The third kappa shape index (κ3) is 6.39. The lowest BCUT2D eigenvalue weighted by Gasteiger charge is -2.27. The Kier molecular flexibility index (Phi) is 7.41. The third-order valence-electron chi connectivity index (χ3n) is 2.38. The highest BCUT2D eigenvalue weighted by molar-refractivity contribution is 7.80. The van der Waals surface area contributed by atoms with Crippen molar-refractivity contribution in [2.45, 2.75) is 9.96 Å². The average molecular weight is 389 g/mol. The average Bonchev–Trinajstić information content (AvgIpc) is 2.46. The zero-order valence-corrected chi connectivity index (χ0v) is 14.4. The minimum atomic E-state index is -1.92. The number of alkyl halides is 4. The van der Waals surface area contributed by atoms with Crippen molar-refractivity contribution in [2.75, 3.05) is 19.1 Å². The summed E-state index contributed by atoms with van der Waals surface area (Å²) in [5.41, 5.74) is 0.651. The van der Waals surface area contributed by atoms with Gasteiger partial charge in [0.15, 0.2) is 11.8 Å². The molecule has 0 bridgehead atoms. The number of carbonyl (C=O) groups excluding carboxylic acids is 1. The molecule has 1 amide bonds. The van der Waals surface area contributed by atoms with Gasteiger partial charge in [-0.15, -0.1) is 0 Å². The highest BCUT2D eigenvalue weighted by Gasteiger charge is 2.34. The van der Waals surface area contributed by atoms with Crippen LogP contribution in [0.25, 0.3) is 0 Å². The molecule has 22 heavy (non-hydrogen) atoms. The molecule has 1 rings (SSSR count). The van der Waals surface area contributed by atoms with Crippen LogP contribution in [0, 0.1) is 0 Å². The van der Waals surface area contributed by atoms with Crippen LogP contribution >= 0.6 is 47.0 Å². The third-order valence-corrected chi connectivity index (χ3v) is 3.25. The highest BCUT2D eigenvalue weighted by Crippen LogP contribution is 2.29. The maximum atomic E-state index is 12.3. The van der Waals surface area contributed by atoms with Crippen LogP contribution in [0.2, 0.25) is 0 Å². The van der Waals surface area contributed by atoms with Crippen LogP contribution in [-0.4, -0.2) is 34.8 Å². The molecule has 0 aliphatic heterocycles. The van der Waals surface area contributed by atoms with Gasteiger partial charge in [-0.25, -0.2) is 4.39 Å². The van der Waals surface area contributed by atoms with Crippen molar-refractivity contribution in [1.29, 1.82) is 0 Å². The molecular weight excluding hydrogens is 376 g/mol. The number of hydrogen-bond donors (Lipinski definition) is 3. The summed E-state index contributed by atoms with van der Waals surface area (Å²) < 4.78 is 15.4. The second-order valence-corrected chi connectivity index (χ2v) is 6.78. The predicted octanol–water partition coefficient (Wildman–Crippen LogP) is 2.76. The molecule has 0 spiro atoms. The maximum Gasteiger partial charge on any atom is 0.253 e. The molecular formula is C12H13Cl3FN3O2S. The SMILES string of the molecule is COc1ccc(NC(=S)N[C@H](NC(=O)CF)C(Cl)(Cl)Cl)cc1. The van der Waals surface area contributed by atoms with Crippen molar-refractivity contribution in [2.24, 2.45) is 0 Å². The molecule has 0 aliphatic carbocycles. The molecule has 0 radical (unpaired) electrons. The Bertz CT molecular complexity index is 525. The van der Waals surface area contributed by atoms with Crippen molar-refractivity contribution >= 4 is 63.7 Å². The lowest BCUT2D eigenvalue weighted by Crippen LogP contribution is -2.56. The van der Waals surface area contributed by atoms with E-state index in [1.807, 2.05) is 0 Å². The predicted molar refractivity (Wildman–Crippen MR) is 90.5 cm³/mol. The molecule has 10 heteroatoms. The molecule has 0 heterocycles. The monoisotopic (exact) mass is 387 g/mol. The first-order chi connectivity index (χ1) is 10.3. The summed E-state index contributed by atoms with van der Waals surface area (Å²) in [6, 6.07) is 6.89. The normalized spacial score (nSPS) is 12.2. The van der Waals surface area contributed by atoms with Gasteiger partial charge in [-0.1, -0.05) is 34.8 Å². The summed E-state index contributed by atoms with van der Waals surface area (Å²) in [4.78, 5) is 11.1. The van der Waals surface area contributed by atoms with Gasteiger partial charge >= 0.3 is 0 Å². The van der Waals surface area contributed by atoms with Gasteiger partial charge in [0, 0.05) is 5.69 Å². The Labute approximate surface area is 147 Å². The van der Waals surface area contributed by atoms with Crippen molar-refractivity contribution in [3.8, 4) is 5.75 Å².